The Morgan fingerprint density at radius 3 is 2.49 bits per heavy atom. The molecular weight excluding hydrogens is 519 g/mol. The van der Waals surface area contributed by atoms with Crippen LogP contribution in [0, 0.1) is 17.2 Å². The quantitative estimate of drug-likeness (QED) is 0.393. The number of anilines is 3. The molecule has 1 aliphatic heterocycles. The van der Waals surface area contributed by atoms with Crippen LogP contribution in [0.25, 0.3) is 0 Å². The van der Waals surface area contributed by atoms with E-state index >= 15 is 0 Å². The number of piperazine rings is 1. The molecule has 5 rings (SSSR count). The first-order valence-electron chi connectivity index (χ1n) is 14.9. The minimum atomic E-state index is -0.494. The fraction of sp³-hybridized carbons (Fsp3) is 0.562. The summed E-state index contributed by atoms with van der Waals surface area (Å²) in [7, 11) is 2.15. The highest BCUT2D eigenvalue weighted by molar-refractivity contribution is 5.94. The number of hydrogen-bond donors (Lipinski definition) is 3. The van der Waals surface area contributed by atoms with Gasteiger partial charge in [-0.1, -0.05) is 32.9 Å². The van der Waals surface area contributed by atoms with Crippen LogP contribution in [0.4, 0.5) is 26.2 Å². The maximum absolute atomic E-state index is 13.7. The average Bonchev–Trinajstić information content (AvgIpc) is 3.55. The number of rotatable bonds is 8. The fourth-order valence-electron chi connectivity index (χ4n) is 6.58. The predicted octanol–water partition coefficient (Wildman–Crippen LogP) is 4.98. The van der Waals surface area contributed by atoms with Crippen molar-refractivity contribution in [3.63, 3.8) is 0 Å². The Bertz CT molecular complexity index is 1270. The van der Waals surface area contributed by atoms with Gasteiger partial charge in [0.1, 0.15) is 5.82 Å². The summed E-state index contributed by atoms with van der Waals surface area (Å²) in [5, 5.41) is 6.06. The Kier molecular flexibility index (Phi) is 8.30. The highest BCUT2D eigenvalue weighted by Gasteiger charge is 2.64. The number of amides is 3. The molecule has 9 heteroatoms. The maximum atomic E-state index is 13.7. The highest BCUT2D eigenvalue weighted by atomic mass is 19.1. The van der Waals surface area contributed by atoms with E-state index in [-0.39, 0.29) is 29.1 Å². The number of likely N-dealkylation sites (N-methyl/N-ethyl adjacent to an activating group) is 1. The third-order valence-corrected chi connectivity index (χ3v) is 9.24. The molecule has 2 aliphatic carbocycles. The topological polar surface area (TPSA) is 93.9 Å². The summed E-state index contributed by atoms with van der Waals surface area (Å²) in [5.41, 5.74) is 7.91. The first kappa shape index (κ1) is 29.3. The van der Waals surface area contributed by atoms with Crippen LogP contribution < -0.4 is 16.4 Å². The molecular formula is C32H45FN6O2. The van der Waals surface area contributed by atoms with Gasteiger partial charge in [-0.25, -0.2) is 9.18 Å². The number of benzene rings is 2. The van der Waals surface area contributed by atoms with Crippen LogP contribution in [-0.2, 0) is 10.2 Å². The van der Waals surface area contributed by atoms with Crippen molar-refractivity contribution in [3.8, 4) is 0 Å². The number of nitrogens with zero attached hydrogens (tertiary/aromatic N) is 3. The number of carbonyl (C=O) groups is 2. The van der Waals surface area contributed by atoms with Crippen LogP contribution in [0.2, 0.25) is 0 Å². The van der Waals surface area contributed by atoms with Crippen LogP contribution in [0.15, 0.2) is 42.5 Å². The summed E-state index contributed by atoms with van der Waals surface area (Å²) in [6, 6.07) is 12.5. The standard InChI is InChI=1S/C32H45FN6O2/c1-31(2,3)29(40)35-23-8-5-7-22(19-23)32-12-11-28(25(32)21-32)39(14-6-13-38-17-15-37(4)16-18-38)30(41)36-24-9-10-26(33)27(34)20-24/h5,7-10,19-20,25,28H,6,11-18,21,34H2,1-4H3,(H,35,40)(H,36,41)/t25-,28-,32-/m1/s1. The smallest absolute Gasteiger partial charge is 0.322 e. The number of nitrogen functional groups attached to an aromatic ring is 1. The maximum Gasteiger partial charge on any atom is 0.322 e. The van der Waals surface area contributed by atoms with Crippen molar-refractivity contribution in [2.24, 2.45) is 11.3 Å². The second-order valence-electron chi connectivity index (χ2n) is 13.2. The van der Waals surface area contributed by atoms with Crippen molar-refractivity contribution >= 4 is 29.0 Å². The minimum Gasteiger partial charge on any atom is -0.396 e. The van der Waals surface area contributed by atoms with E-state index in [2.05, 4.69) is 39.6 Å². The van der Waals surface area contributed by atoms with Gasteiger partial charge in [-0.3, -0.25) is 4.79 Å². The molecule has 3 fully saturated rings. The largest absolute Gasteiger partial charge is 0.396 e. The number of halogens is 1. The second-order valence-corrected chi connectivity index (χ2v) is 13.2. The number of fused-ring (bicyclic) bond motifs is 1. The molecule has 41 heavy (non-hydrogen) atoms. The Labute approximate surface area is 243 Å². The van der Waals surface area contributed by atoms with E-state index < -0.39 is 11.2 Å². The number of carbonyl (C=O) groups excluding carboxylic acids is 2. The van der Waals surface area contributed by atoms with Gasteiger partial charge in [0.25, 0.3) is 0 Å². The lowest BCUT2D eigenvalue weighted by atomic mass is 9.92. The highest BCUT2D eigenvalue weighted by Crippen LogP contribution is 2.65. The van der Waals surface area contributed by atoms with Crippen LogP contribution in [0.5, 0.6) is 0 Å². The van der Waals surface area contributed by atoms with Gasteiger partial charge >= 0.3 is 6.03 Å². The van der Waals surface area contributed by atoms with Crippen molar-refractivity contribution in [3.05, 3.63) is 53.8 Å². The summed E-state index contributed by atoms with van der Waals surface area (Å²) in [6.07, 6.45) is 3.86. The zero-order chi connectivity index (χ0) is 29.4. The van der Waals surface area contributed by atoms with Gasteiger partial charge in [0.15, 0.2) is 0 Å². The molecule has 222 valence electrons. The first-order chi connectivity index (χ1) is 19.5. The monoisotopic (exact) mass is 564 g/mol. The van der Waals surface area contributed by atoms with Crippen LogP contribution in [-0.4, -0.2) is 79.0 Å². The Balaban J connectivity index is 1.30. The molecule has 4 N–H and O–H groups in total. The van der Waals surface area contributed by atoms with Crippen LogP contribution in [0.1, 0.15) is 52.0 Å². The summed E-state index contributed by atoms with van der Waals surface area (Å²) in [6.45, 7) is 11.6. The lowest BCUT2D eigenvalue weighted by Crippen LogP contribution is -2.47. The SMILES string of the molecule is CN1CCN(CCCN(C(=O)Nc2ccc(F)c(N)c2)[C@@H]2CC[C@]3(c4cccc(NC(=O)C(C)(C)C)c4)C[C@H]23)CC1. The molecule has 2 saturated carbocycles. The van der Waals surface area contributed by atoms with Crippen molar-refractivity contribution in [1.82, 2.24) is 14.7 Å². The van der Waals surface area contributed by atoms with E-state index in [4.69, 9.17) is 5.73 Å². The van der Waals surface area contributed by atoms with Gasteiger partial charge in [0.05, 0.1) is 5.69 Å². The second kappa shape index (κ2) is 11.6. The molecule has 0 unspecified atom stereocenters. The molecule has 0 aromatic heterocycles. The van der Waals surface area contributed by atoms with Gasteiger partial charge in [0, 0.05) is 61.0 Å². The number of nitrogens with two attached hydrogens (primary N) is 1. The average molecular weight is 565 g/mol. The molecule has 3 amide bonds. The lowest BCUT2D eigenvalue weighted by molar-refractivity contribution is -0.123. The lowest BCUT2D eigenvalue weighted by Gasteiger charge is -2.34. The summed E-state index contributed by atoms with van der Waals surface area (Å²) in [5.74, 6) is -0.135. The third kappa shape index (κ3) is 6.51. The van der Waals surface area contributed by atoms with Gasteiger partial charge in [0.2, 0.25) is 5.91 Å². The molecule has 3 aliphatic rings. The summed E-state index contributed by atoms with van der Waals surface area (Å²) < 4.78 is 13.7. The van der Waals surface area contributed by atoms with E-state index in [1.165, 1.54) is 17.7 Å². The van der Waals surface area contributed by atoms with Gasteiger partial charge < -0.3 is 31.1 Å². The molecule has 2 aromatic carbocycles. The molecule has 8 nitrogen and oxygen atoms in total. The van der Waals surface area contributed by atoms with Crippen molar-refractivity contribution in [2.45, 2.75) is 57.9 Å². The van der Waals surface area contributed by atoms with Gasteiger partial charge in [-0.15, -0.1) is 0 Å². The number of urea groups is 1. The zero-order valence-electron chi connectivity index (χ0n) is 24.9. The molecule has 1 saturated heterocycles. The third-order valence-electron chi connectivity index (χ3n) is 9.24. The van der Waals surface area contributed by atoms with E-state index in [0.29, 0.717) is 18.2 Å². The molecule has 2 aromatic rings. The zero-order valence-corrected chi connectivity index (χ0v) is 24.9. The van der Waals surface area contributed by atoms with Gasteiger partial charge in [-0.2, -0.15) is 0 Å². The summed E-state index contributed by atoms with van der Waals surface area (Å²) >= 11 is 0. The van der Waals surface area contributed by atoms with E-state index in [9.17, 15) is 14.0 Å². The first-order valence-corrected chi connectivity index (χ1v) is 14.9. The Morgan fingerprint density at radius 2 is 1.80 bits per heavy atom. The molecule has 0 bridgehead atoms. The number of nitrogens with one attached hydrogen (secondary N) is 2. The number of hydrogen-bond acceptors (Lipinski definition) is 5. The molecule has 0 spiro atoms. The normalized spacial score (nSPS) is 24.5. The van der Waals surface area contributed by atoms with Crippen LogP contribution >= 0.6 is 0 Å². The molecule has 3 atom stereocenters. The van der Waals surface area contributed by atoms with Gasteiger partial charge in [-0.05, 0) is 81.1 Å². The predicted molar refractivity (Wildman–Crippen MR) is 162 cm³/mol. The van der Waals surface area contributed by atoms with E-state index in [1.807, 2.05) is 37.8 Å². The van der Waals surface area contributed by atoms with Crippen molar-refractivity contribution < 1.29 is 14.0 Å². The summed E-state index contributed by atoms with van der Waals surface area (Å²) in [4.78, 5) is 33.1. The Morgan fingerprint density at radius 1 is 1.07 bits per heavy atom. The minimum absolute atomic E-state index is 0.00609. The van der Waals surface area contributed by atoms with E-state index in [0.717, 1.165) is 64.1 Å². The van der Waals surface area contributed by atoms with E-state index in [1.54, 1.807) is 6.07 Å². The van der Waals surface area contributed by atoms with Crippen molar-refractivity contribution in [1.29, 1.82) is 0 Å². The fourth-order valence-corrected chi connectivity index (χ4v) is 6.58. The van der Waals surface area contributed by atoms with Crippen LogP contribution in [0.3, 0.4) is 0 Å². The van der Waals surface area contributed by atoms with Crippen molar-refractivity contribution in [2.75, 3.05) is 62.7 Å². The molecule has 1 heterocycles. The Hall–Kier alpha value is -3.17. The molecule has 0 radical (unpaired) electrons.